The lowest BCUT2D eigenvalue weighted by molar-refractivity contribution is -0.131. The molecule has 5 heteroatoms. The Morgan fingerprint density at radius 1 is 1.04 bits per heavy atom. The minimum absolute atomic E-state index is 0.0269. The molecule has 1 N–H and O–H groups in total. The minimum Gasteiger partial charge on any atom is -0.299 e. The first-order chi connectivity index (χ1) is 13.1. The molecule has 1 fully saturated rings. The Morgan fingerprint density at radius 3 is 2.25 bits per heavy atom. The van der Waals surface area contributed by atoms with Crippen molar-refractivity contribution in [2.24, 2.45) is 17.3 Å². The maximum atomic E-state index is 13.1. The molecule has 3 rings (SSSR count). The fourth-order valence-corrected chi connectivity index (χ4v) is 5.29. The average Bonchev–Trinajstić information content (AvgIpc) is 2.66. The molecule has 3 atom stereocenters. The van der Waals surface area contributed by atoms with Gasteiger partial charge >= 0.3 is 0 Å². The quantitative estimate of drug-likeness (QED) is 0.795. The van der Waals surface area contributed by atoms with Gasteiger partial charge in [0.2, 0.25) is 10.0 Å². The molecule has 1 saturated carbocycles. The van der Waals surface area contributed by atoms with E-state index in [4.69, 9.17) is 0 Å². The molecule has 0 aromatic heterocycles. The summed E-state index contributed by atoms with van der Waals surface area (Å²) in [6, 6.07) is 15.6. The van der Waals surface area contributed by atoms with Crippen molar-refractivity contribution < 1.29 is 13.2 Å². The van der Waals surface area contributed by atoms with Crippen molar-refractivity contribution >= 4 is 15.8 Å². The second kappa shape index (κ2) is 7.80. The molecule has 0 saturated heterocycles. The Morgan fingerprint density at radius 2 is 1.64 bits per heavy atom. The topological polar surface area (TPSA) is 63.2 Å². The predicted molar refractivity (Wildman–Crippen MR) is 111 cm³/mol. The summed E-state index contributed by atoms with van der Waals surface area (Å²) in [6.07, 6.45) is 1.31. The summed E-state index contributed by atoms with van der Waals surface area (Å²) in [5, 5.41) is 0. The van der Waals surface area contributed by atoms with Crippen LogP contribution in [-0.4, -0.2) is 14.2 Å². The number of ketones is 1. The molecule has 28 heavy (non-hydrogen) atoms. The van der Waals surface area contributed by atoms with Gasteiger partial charge in [-0.3, -0.25) is 4.79 Å². The number of rotatable bonds is 5. The van der Waals surface area contributed by atoms with E-state index >= 15 is 0 Å². The van der Waals surface area contributed by atoms with Gasteiger partial charge in [-0.05, 0) is 42.4 Å². The zero-order chi connectivity index (χ0) is 20.5. The van der Waals surface area contributed by atoms with Crippen molar-refractivity contribution in [1.82, 2.24) is 4.72 Å². The van der Waals surface area contributed by atoms with Gasteiger partial charge in [-0.15, -0.1) is 0 Å². The highest BCUT2D eigenvalue weighted by atomic mass is 32.2. The average molecular weight is 400 g/mol. The van der Waals surface area contributed by atoms with Crippen LogP contribution in [0.3, 0.4) is 0 Å². The van der Waals surface area contributed by atoms with Gasteiger partial charge in [-0.1, -0.05) is 68.8 Å². The first kappa shape index (κ1) is 20.7. The summed E-state index contributed by atoms with van der Waals surface area (Å²) in [6.45, 7) is 8.31. The van der Waals surface area contributed by atoms with Gasteiger partial charge in [0.05, 0.1) is 10.9 Å². The maximum Gasteiger partial charge on any atom is 0.241 e. The van der Waals surface area contributed by atoms with Crippen LogP contribution in [0.2, 0.25) is 0 Å². The van der Waals surface area contributed by atoms with E-state index in [0.29, 0.717) is 6.42 Å². The number of Topliss-reactive ketones (excluding diaryl/α,β-unsaturated/α-hetero) is 1. The number of carbonyl (C=O) groups is 1. The normalized spacial score (nSPS) is 23.4. The Hall–Kier alpha value is -1.98. The highest BCUT2D eigenvalue weighted by molar-refractivity contribution is 7.89. The van der Waals surface area contributed by atoms with E-state index in [9.17, 15) is 13.2 Å². The molecular formula is C23H29NO3S. The summed E-state index contributed by atoms with van der Waals surface area (Å²) in [4.78, 5) is 13.2. The molecule has 4 nitrogen and oxygen atoms in total. The van der Waals surface area contributed by atoms with E-state index in [1.165, 1.54) is 0 Å². The first-order valence-electron chi connectivity index (χ1n) is 9.78. The molecular weight excluding hydrogens is 370 g/mol. The number of benzene rings is 2. The number of sulfonamides is 1. The molecule has 1 aliphatic rings. The highest BCUT2D eigenvalue weighted by Gasteiger charge is 2.45. The van der Waals surface area contributed by atoms with E-state index < -0.39 is 22.0 Å². The standard InChI is InChI=1S/C23H29NO3S/c1-16-10-12-19(13-11-16)28(26,27)24-22(18-8-6-5-7-9-18)21-17(2)23(3,4)15-14-20(21)25/h5-13,17,21-22,24H,14-15H2,1-4H3/t17-,21+,22-/m0/s1. The van der Waals surface area contributed by atoms with Crippen molar-refractivity contribution in [2.45, 2.75) is 51.5 Å². The molecule has 0 radical (unpaired) electrons. The SMILES string of the molecule is Cc1ccc(S(=O)(=O)N[C@@H](c2ccccc2)[C@H]2C(=O)CCC(C)(C)[C@H]2C)cc1. The summed E-state index contributed by atoms with van der Waals surface area (Å²) in [7, 11) is -3.76. The van der Waals surface area contributed by atoms with E-state index in [1.54, 1.807) is 24.3 Å². The largest absolute Gasteiger partial charge is 0.299 e. The van der Waals surface area contributed by atoms with Crippen LogP contribution in [0.25, 0.3) is 0 Å². The number of aryl methyl sites for hydroxylation is 1. The lowest BCUT2D eigenvalue weighted by Crippen LogP contribution is -2.46. The zero-order valence-corrected chi connectivity index (χ0v) is 17.8. The smallest absolute Gasteiger partial charge is 0.241 e. The van der Waals surface area contributed by atoms with Crippen LogP contribution in [0.4, 0.5) is 0 Å². The van der Waals surface area contributed by atoms with Crippen LogP contribution in [0.15, 0.2) is 59.5 Å². The molecule has 150 valence electrons. The third kappa shape index (κ3) is 4.20. The van der Waals surface area contributed by atoms with Crippen molar-refractivity contribution in [3.8, 4) is 0 Å². The Balaban J connectivity index is 2.03. The van der Waals surface area contributed by atoms with Gasteiger partial charge in [0.25, 0.3) is 0 Å². The molecule has 0 heterocycles. The summed E-state index contributed by atoms with van der Waals surface area (Å²) >= 11 is 0. The Bertz CT molecular complexity index is 934. The maximum absolute atomic E-state index is 13.1. The van der Waals surface area contributed by atoms with Crippen LogP contribution in [0, 0.1) is 24.2 Å². The van der Waals surface area contributed by atoms with Crippen molar-refractivity contribution in [2.75, 3.05) is 0 Å². The van der Waals surface area contributed by atoms with Crippen molar-refractivity contribution in [3.63, 3.8) is 0 Å². The van der Waals surface area contributed by atoms with E-state index in [0.717, 1.165) is 17.5 Å². The van der Waals surface area contributed by atoms with Gasteiger partial charge in [0.1, 0.15) is 5.78 Å². The zero-order valence-electron chi connectivity index (χ0n) is 17.0. The molecule has 1 aliphatic carbocycles. The fourth-order valence-electron chi connectivity index (χ4n) is 4.04. The van der Waals surface area contributed by atoms with Gasteiger partial charge in [0, 0.05) is 12.3 Å². The van der Waals surface area contributed by atoms with Crippen LogP contribution in [-0.2, 0) is 14.8 Å². The number of hydrogen-bond acceptors (Lipinski definition) is 3. The monoisotopic (exact) mass is 399 g/mol. The Kier molecular flexibility index (Phi) is 5.78. The second-order valence-corrected chi connectivity index (χ2v) is 10.3. The van der Waals surface area contributed by atoms with Crippen LogP contribution in [0.1, 0.15) is 50.8 Å². The lowest BCUT2D eigenvalue weighted by Gasteiger charge is -2.44. The van der Waals surface area contributed by atoms with Crippen LogP contribution in [0.5, 0.6) is 0 Å². The first-order valence-corrected chi connectivity index (χ1v) is 11.3. The van der Waals surface area contributed by atoms with E-state index in [2.05, 4.69) is 25.5 Å². The van der Waals surface area contributed by atoms with Crippen molar-refractivity contribution in [3.05, 3.63) is 65.7 Å². The summed E-state index contributed by atoms with van der Waals surface area (Å²) < 4.78 is 29.1. The highest BCUT2D eigenvalue weighted by Crippen LogP contribution is 2.46. The number of hydrogen-bond donors (Lipinski definition) is 1. The fraction of sp³-hybridized carbons (Fsp3) is 0.435. The van der Waals surface area contributed by atoms with Gasteiger partial charge < -0.3 is 0 Å². The second-order valence-electron chi connectivity index (χ2n) is 8.59. The van der Waals surface area contributed by atoms with Crippen molar-refractivity contribution in [1.29, 1.82) is 0 Å². The van der Waals surface area contributed by atoms with Gasteiger partial charge in [-0.2, -0.15) is 0 Å². The number of carbonyl (C=O) groups excluding carboxylic acids is 1. The third-order valence-electron chi connectivity index (χ3n) is 6.29. The van der Waals surface area contributed by atoms with Gasteiger partial charge in [0.15, 0.2) is 0 Å². The van der Waals surface area contributed by atoms with Crippen LogP contribution < -0.4 is 4.72 Å². The predicted octanol–water partition coefficient (Wildman–Crippen LogP) is 4.66. The summed E-state index contributed by atoms with van der Waals surface area (Å²) in [5.41, 5.74) is 1.79. The molecule has 0 unspecified atom stereocenters. The third-order valence-corrected chi connectivity index (χ3v) is 7.75. The van der Waals surface area contributed by atoms with E-state index in [-0.39, 0.29) is 22.0 Å². The molecule has 0 bridgehead atoms. The molecule has 0 aliphatic heterocycles. The Labute approximate surface area is 168 Å². The molecule has 2 aromatic carbocycles. The van der Waals surface area contributed by atoms with Crippen LogP contribution >= 0.6 is 0 Å². The minimum atomic E-state index is -3.76. The molecule has 0 amide bonds. The van der Waals surface area contributed by atoms with E-state index in [1.807, 2.05) is 37.3 Å². The van der Waals surface area contributed by atoms with Gasteiger partial charge in [-0.25, -0.2) is 13.1 Å². The lowest BCUT2D eigenvalue weighted by atomic mass is 9.61. The number of nitrogens with one attached hydrogen (secondary N) is 1. The summed E-state index contributed by atoms with van der Waals surface area (Å²) in [5.74, 6) is -0.210. The molecule has 2 aromatic rings. The molecule has 0 spiro atoms.